The van der Waals surface area contributed by atoms with Crippen molar-refractivity contribution in [3.05, 3.63) is 153 Å². The van der Waals surface area contributed by atoms with Crippen LogP contribution in [0.2, 0.25) is 0 Å². The third-order valence-electron chi connectivity index (χ3n) is 8.80. The first-order valence-electron chi connectivity index (χ1n) is 16.9. The van der Waals surface area contributed by atoms with Gasteiger partial charge in [0.2, 0.25) is 5.91 Å². The predicted molar refractivity (Wildman–Crippen MR) is 207 cm³/mol. The van der Waals surface area contributed by atoms with E-state index in [1.807, 2.05) is 68.4 Å². The maximum absolute atomic E-state index is 13.6. The van der Waals surface area contributed by atoms with Crippen molar-refractivity contribution in [2.24, 2.45) is 0 Å². The van der Waals surface area contributed by atoms with Crippen LogP contribution in [0.15, 0.2) is 120 Å². The third kappa shape index (κ3) is 8.84. The molecule has 0 radical (unpaired) electrons. The number of hydrogen-bond donors (Lipinski definition) is 3. The van der Waals surface area contributed by atoms with E-state index in [2.05, 4.69) is 46.3 Å². The second-order valence-corrected chi connectivity index (χ2v) is 14.8. The van der Waals surface area contributed by atoms with E-state index in [-0.39, 0.29) is 11.6 Å². The van der Waals surface area contributed by atoms with Gasteiger partial charge in [-0.2, -0.15) is 5.26 Å². The van der Waals surface area contributed by atoms with Gasteiger partial charge >= 0.3 is 0 Å². The number of hydrogen-bond acceptors (Lipinski definition) is 6. The lowest BCUT2D eigenvalue weighted by Crippen LogP contribution is -2.30. The largest absolute Gasteiger partial charge is 0.321 e. The summed E-state index contributed by atoms with van der Waals surface area (Å²) in [5.41, 5.74) is 5.79. The van der Waals surface area contributed by atoms with E-state index in [9.17, 15) is 19.6 Å². The zero-order valence-electron chi connectivity index (χ0n) is 28.4. The summed E-state index contributed by atoms with van der Waals surface area (Å²) < 4.78 is 0. The SMILES string of the molecule is CCC(Sc1cccc(NC(=O)/C(=C\c2cccc(C)c2)NC(=O)c2ccccc2)c1)C(=O)Nc1sc2c(c1C#N)CCC(c1ccccc1)C2. The molecule has 2 unspecified atom stereocenters. The molecule has 9 heteroatoms. The summed E-state index contributed by atoms with van der Waals surface area (Å²) >= 11 is 2.91. The molecule has 1 aromatic heterocycles. The highest BCUT2D eigenvalue weighted by Gasteiger charge is 2.28. The summed E-state index contributed by atoms with van der Waals surface area (Å²) in [6.45, 7) is 3.92. The molecule has 3 N–H and O–H groups in total. The number of anilines is 2. The van der Waals surface area contributed by atoms with Crippen molar-refractivity contribution in [3.8, 4) is 6.07 Å². The van der Waals surface area contributed by atoms with Gasteiger partial charge in [0, 0.05) is 21.0 Å². The topological polar surface area (TPSA) is 111 Å². The summed E-state index contributed by atoms with van der Waals surface area (Å²) in [7, 11) is 0. The summed E-state index contributed by atoms with van der Waals surface area (Å²) in [6, 6.07) is 36.5. The standard InChI is InChI=1S/C42H38N4O3S2/c1-3-37(41(49)46-42-35(26-43)34-21-20-31(24-38(34)51-42)29-14-6-4-7-15-29)50-33-19-11-18-32(25-33)44-40(48)36(23-28-13-10-12-27(2)22-28)45-39(47)30-16-8-5-9-17-30/h4-19,22-23,25,31,37H,3,20-21,24H2,1-2H3,(H,44,48)(H,45,47)(H,46,49)/b36-23+. The number of benzene rings is 4. The first-order valence-corrected chi connectivity index (χ1v) is 18.6. The summed E-state index contributed by atoms with van der Waals surface area (Å²) in [4.78, 5) is 42.3. The molecule has 0 saturated heterocycles. The Bertz CT molecular complexity index is 2120. The van der Waals surface area contributed by atoms with Crippen molar-refractivity contribution in [3.63, 3.8) is 0 Å². The van der Waals surface area contributed by atoms with Crippen LogP contribution in [0, 0.1) is 18.3 Å². The fourth-order valence-corrected chi connectivity index (χ4v) is 8.49. The van der Waals surface area contributed by atoms with E-state index in [0.717, 1.165) is 40.8 Å². The zero-order chi connectivity index (χ0) is 35.7. The summed E-state index contributed by atoms with van der Waals surface area (Å²) in [5.74, 6) is -0.645. The van der Waals surface area contributed by atoms with E-state index in [1.165, 1.54) is 33.5 Å². The van der Waals surface area contributed by atoms with Crippen LogP contribution in [0.4, 0.5) is 10.7 Å². The smallest absolute Gasteiger partial charge is 0.272 e. The van der Waals surface area contributed by atoms with E-state index in [1.54, 1.807) is 36.4 Å². The van der Waals surface area contributed by atoms with Gasteiger partial charge in [0.15, 0.2) is 0 Å². The van der Waals surface area contributed by atoms with Crippen LogP contribution in [0.5, 0.6) is 0 Å². The number of carbonyl (C=O) groups is 3. The Balaban J connectivity index is 1.15. The molecule has 1 aliphatic rings. The minimum absolute atomic E-state index is 0.0975. The molecule has 0 saturated carbocycles. The van der Waals surface area contributed by atoms with Crippen LogP contribution >= 0.6 is 23.1 Å². The number of nitrogens with zero attached hydrogens (tertiary/aromatic N) is 1. The maximum Gasteiger partial charge on any atom is 0.272 e. The highest BCUT2D eigenvalue weighted by Crippen LogP contribution is 2.42. The molecule has 4 aromatic carbocycles. The molecule has 0 fully saturated rings. The molecular formula is C42H38N4O3S2. The highest BCUT2D eigenvalue weighted by molar-refractivity contribution is 8.00. The van der Waals surface area contributed by atoms with Gasteiger partial charge in [-0.15, -0.1) is 23.1 Å². The maximum atomic E-state index is 13.6. The van der Waals surface area contributed by atoms with Crippen molar-refractivity contribution < 1.29 is 14.4 Å². The number of aryl methyl sites for hydroxylation is 1. The van der Waals surface area contributed by atoms with Crippen molar-refractivity contribution >= 4 is 57.6 Å². The van der Waals surface area contributed by atoms with Gasteiger partial charge in [0.05, 0.1) is 10.8 Å². The average molecular weight is 711 g/mol. The van der Waals surface area contributed by atoms with Crippen LogP contribution in [-0.4, -0.2) is 23.0 Å². The van der Waals surface area contributed by atoms with E-state index >= 15 is 0 Å². The van der Waals surface area contributed by atoms with Crippen LogP contribution in [0.3, 0.4) is 0 Å². The molecule has 5 aromatic rings. The lowest BCUT2D eigenvalue weighted by atomic mass is 9.83. The van der Waals surface area contributed by atoms with Crippen molar-refractivity contribution in [2.45, 2.75) is 55.6 Å². The van der Waals surface area contributed by atoms with Gasteiger partial charge in [-0.1, -0.05) is 91.3 Å². The van der Waals surface area contributed by atoms with Gasteiger partial charge in [-0.05, 0) is 91.6 Å². The first kappa shape index (κ1) is 35.4. The zero-order valence-corrected chi connectivity index (χ0v) is 30.1. The van der Waals surface area contributed by atoms with Crippen LogP contribution in [0.1, 0.15) is 68.7 Å². The Morgan fingerprint density at radius 1 is 0.941 bits per heavy atom. The average Bonchev–Trinajstić information content (AvgIpc) is 3.50. The van der Waals surface area contributed by atoms with Crippen molar-refractivity contribution in [1.82, 2.24) is 5.32 Å². The van der Waals surface area contributed by atoms with Gasteiger partial charge in [-0.3, -0.25) is 14.4 Å². The van der Waals surface area contributed by atoms with Crippen LogP contribution < -0.4 is 16.0 Å². The van der Waals surface area contributed by atoms with Gasteiger partial charge in [0.1, 0.15) is 16.8 Å². The molecular weight excluding hydrogens is 673 g/mol. The number of rotatable bonds is 11. The number of nitrogens with one attached hydrogen (secondary N) is 3. The molecule has 0 spiro atoms. The van der Waals surface area contributed by atoms with E-state index in [0.29, 0.717) is 34.2 Å². The Morgan fingerprint density at radius 2 is 1.69 bits per heavy atom. The summed E-state index contributed by atoms with van der Waals surface area (Å²) in [5, 5.41) is 19.0. The lowest BCUT2D eigenvalue weighted by Gasteiger charge is -2.22. The fraction of sp³-hybridized carbons (Fsp3) is 0.190. The summed E-state index contributed by atoms with van der Waals surface area (Å²) in [6.07, 6.45) is 4.85. The Hall–Kier alpha value is -5.43. The predicted octanol–water partition coefficient (Wildman–Crippen LogP) is 9.12. The Labute approximate surface area is 306 Å². The molecule has 3 amide bonds. The molecule has 2 atom stereocenters. The van der Waals surface area contributed by atoms with E-state index in [4.69, 9.17) is 0 Å². The van der Waals surface area contributed by atoms with Gasteiger partial charge in [-0.25, -0.2) is 0 Å². The number of nitriles is 1. The molecule has 51 heavy (non-hydrogen) atoms. The number of carbonyl (C=O) groups excluding carboxylic acids is 3. The quantitative estimate of drug-likeness (QED) is 0.0936. The number of amides is 3. The Kier molecular flexibility index (Phi) is 11.5. The minimum atomic E-state index is -0.479. The minimum Gasteiger partial charge on any atom is -0.321 e. The molecule has 0 aliphatic heterocycles. The second-order valence-electron chi connectivity index (χ2n) is 12.4. The van der Waals surface area contributed by atoms with Crippen LogP contribution in [0.25, 0.3) is 6.08 Å². The highest BCUT2D eigenvalue weighted by atomic mass is 32.2. The number of thioether (sulfide) groups is 1. The molecule has 256 valence electrons. The molecule has 0 bridgehead atoms. The van der Waals surface area contributed by atoms with Crippen molar-refractivity contribution in [1.29, 1.82) is 5.26 Å². The number of fused-ring (bicyclic) bond motifs is 1. The monoisotopic (exact) mass is 710 g/mol. The number of thiophene rings is 1. The van der Waals surface area contributed by atoms with Gasteiger partial charge in [0.25, 0.3) is 11.8 Å². The van der Waals surface area contributed by atoms with E-state index < -0.39 is 17.1 Å². The van der Waals surface area contributed by atoms with Gasteiger partial charge < -0.3 is 16.0 Å². The third-order valence-corrected chi connectivity index (χ3v) is 11.3. The first-order chi connectivity index (χ1) is 24.8. The second kappa shape index (κ2) is 16.5. The molecule has 7 nitrogen and oxygen atoms in total. The molecule has 1 heterocycles. The van der Waals surface area contributed by atoms with Crippen molar-refractivity contribution in [2.75, 3.05) is 10.6 Å². The molecule has 6 rings (SSSR count). The normalized spacial score (nSPS) is 14.5. The fourth-order valence-electron chi connectivity index (χ4n) is 6.20. The van der Waals surface area contributed by atoms with Crippen LogP contribution in [-0.2, 0) is 22.4 Å². The Morgan fingerprint density at radius 3 is 2.41 bits per heavy atom. The lowest BCUT2D eigenvalue weighted by molar-refractivity contribution is -0.116. The molecule has 1 aliphatic carbocycles.